The molecule has 0 saturated heterocycles. The lowest BCUT2D eigenvalue weighted by Crippen LogP contribution is -2.15. The molecule has 1 heterocycles. The maximum Gasteiger partial charge on any atom is 0.358 e. The quantitative estimate of drug-likeness (QED) is 0.886. The smallest absolute Gasteiger partial charge is 0.358 e. The van der Waals surface area contributed by atoms with Crippen LogP contribution < -0.4 is 10.1 Å². The Hall–Kier alpha value is -2.89. The predicted molar refractivity (Wildman–Crippen MR) is 81.5 cm³/mol. The van der Waals surface area contributed by atoms with Crippen LogP contribution in [0.5, 0.6) is 5.75 Å². The van der Waals surface area contributed by atoms with Gasteiger partial charge in [0, 0.05) is 11.9 Å². The fraction of sp³-hybridized carbons (Fsp3) is 0.188. The molecule has 2 aromatic rings. The van der Waals surface area contributed by atoms with Crippen LogP contribution in [0.25, 0.3) is 0 Å². The summed E-state index contributed by atoms with van der Waals surface area (Å²) in [5.41, 5.74) is 1.73. The molecule has 1 amide bonds. The van der Waals surface area contributed by atoms with E-state index in [0.29, 0.717) is 0 Å². The summed E-state index contributed by atoms with van der Waals surface area (Å²) in [4.78, 5) is 27.0. The van der Waals surface area contributed by atoms with Crippen LogP contribution in [0.3, 0.4) is 0 Å². The van der Waals surface area contributed by atoms with Crippen molar-refractivity contribution in [1.82, 2.24) is 4.98 Å². The number of anilines is 1. The van der Waals surface area contributed by atoms with E-state index in [4.69, 9.17) is 9.84 Å². The van der Waals surface area contributed by atoms with Gasteiger partial charge in [-0.2, -0.15) is 0 Å². The van der Waals surface area contributed by atoms with Crippen molar-refractivity contribution in [2.45, 2.75) is 13.3 Å². The second-order valence-electron chi connectivity index (χ2n) is 4.54. The van der Waals surface area contributed by atoms with E-state index in [1.54, 1.807) is 0 Å². The monoisotopic (exact) mass is 300 g/mol. The van der Waals surface area contributed by atoms with Gasteiger partial charge in [-0.1, -0.05) is 25.1 Å². The second-order valence-corrected chi connectivity index (χ2v) is 4.54. The number of carboxylic acids is 1. The van der Waals surface area contributed by atoms with Crippen molar-refractivity contribution < 1.29 is 19.4 Å². The molecular weight excluding hydrogens is 284 g/mol. The van der Waals surface area contributed by atoms with Gasteiger partial charge in [0.15, 0.2) is 11.4 Å². The topological polar surface area (TPSA) is 88.5 Å². The van der Waals surface area contributed by atoms with Crippen LogP contribution in [0.15, 0.2) is 36.5 Å². The van der Waals surface area contributed by atoms with Crippen LogP contribution in [0, 0.1) is 0 Å². The van der Waals surface area contributed by atoms with Gasteiger partial charge in [-0.3, -0.25) is 4.79 Å². The van der Waals surface area contributed by atoms with Gasteiger partial charge in [0.2, 0.25) is 0 Å². The van der Waals surface area contributed by atoms with Gasteiger partial charge >= 0.3 is 5.97 Å². The molecule has 2 N–H and O–H groups in total. The second kappa shape index (κ2) is 6.71. The van der Waals surface area contributed by atoms with Crippen molar-refractivity contribution in [1.29, 1.82) is 0 Å². The van der Waals surface area contributed by atoms with E-state index >= 15 is 0 Å². The Bertz CT molecular complexity index is 713. The van der Waals surface area contributed by atoms with Crippen molar-refractivity contribution >= 4 is 17.6 Å². The lowest BCUT2D eigenvalue weighted by atomic mass is 10.1. The molecule has 0 aliphatic heterocycles. The lowest BCUT2D eigenvalue weighted by molar-refractivity contribution is 0.0686. The summed E-state index contributed by atoms with van der Waals surface area (Å²) in [6, 6.07) is 8.84. The maximum absolute atomic E-state index is 12.3. The molecule has 1 aromatic heterocycles. The van der Waals surface area contributed by atoms with Crippen molar-refractivity contribution in [2.24, 2.45) is 0 Å². The number of nitrogens with zero attached hydrogens (tertiary/aromatic N) is 1. The maximum atomic E-state index is 12.3. The van der Waals surface area contributed by atoms with Gasteiger partial charge < -0.3 is 15.2 Å². The van der Waals surface area contributed by atoms with Gasteiger partial charge in [0.1, 0.15) is 0 Å². The molecule has 0 fully saturated rings. The minimum Gasteiger partial charge on any atom is -0.494 e. The third-order valence-corrected chi connectivity index (χ3v) is 3.18. The van der Waals surface area contributed by atoms with Crippen LogP contribution in [-0.4, -0.2) is 29.1 Å². The van der Waals surface area contributed by atoms with Gasteiger partial charge in [0.05, 0.1) is 12.7 Å². The Morgan fingerprint density at radius 3 is 2.68 bits per heavy atom. The number of carbonyl (C=O) groups excluding carboxylic acids is 1. The standard InChI is InChI=1S/C16H16N2O4/c1-3-10-6-4-5-7-12(10)18-15(19)11-8-13(22-2)14(16(20)21)17-9-11/h4-9H,3H2,1-2H3,(H,18,19)(H,20,21). The minimum atomic E-state index is -1.21. The van der Waals surface area contributed by atoms with E-state index in [1.165, 1.54) is 19.4 Å². The molecule has 0 unspecified atom stereocenters. The Balaban J connectivity index is 2.28. The van der Waals surface area contributed by atoms with Gasteiger partial charge in [-0.05, 0) is 24.1 Å². The number of amides is 1. The number of rotatable bonds is 5. The van der Waals surface area contributed by atoms with Crippen molar-refractivity contribution in [3.8, 4) is 5.75 Å². The zero-order valence-corrected chi connectivity index (χ0v) is 12.3. The summed E-state index contributed by atoms with van der Waals surface area (Å²) in [6.07, 6.45) is 2.01. The van der Waals surface area contributed by atoms with Gasteiger partial charge in [-0.25, -0.2) is 9.78 Å². The number of ether oxygens (including phenoxy) is 1. The molecule has 114 valence electrons. The molecule has 1 aromatic carbocycles. The van der Waals surface area contributed by atoms with Crippen LogP contribution in [-0.2, 0) is 6.42 Å². The molecule has 0 radical (unpaired) electrons. The predicted octanol–water partition coefficient (Wildman–Crippen LogP) is 2.60. The highest BCUT2D eigenvalue weighted by Gasteiger charge is 2.16. The summed E-state index contributed by atoms with van der Waals surface area (Å²) >= 11 is 0. The number of hydrogen-bond donors (Lipinski definition) is 2. The molecule has 0 spiro atoms. The summed E-state index contributed by atoms with van der Waals surface area (Å²) in [5, 5.41) is 11.8. The molecule has 0 aliphatic rings. The minimum absolute atomic E-state index is 0.0453. The number of benzene rings is 1. The fourth-order valence-corrected chi connectivity index (χ4v) is 2.03. The largest absolute Gasteiger partial charge is 0.494 e. The zero-order chi connectivity index (χ0) is 16.1. The van der Waals surface area contributed by atoms with E-state index < -0.39 is 5.97 Å². The first kappa shape index (κ1) is 15.5. The molecule has 0 aliphatic carbocycles. The Morgan fingerprint density at radius 2 is 2.05 bits per heavy atom. The molecular formula is C16H16N2O4. The van der Waals surface area contributed by atoms with E-state index in [9.17, 15) is 9.59 Å². The number of aryl methyl sites for hydroxylation is 1. The number of para-hydroxylation sites is 1. The summed E-state index contributed by atoms with van der Waals surface area (Å²) in [6.45, 7) is 2.00. The Morgan fingerprint density at radius 1 is 1.32 bits per heavy atom. The van der Waals surface area contributed by atoms with Crippen LogP contribution >= 0.6 is 0 Å². The zero-order valence-electron chi connectivity index (χ0n) is 12.3. The van der Waals surface area contributed by atoms with E-state index in [2.05, 4.69) is 10.3 Å². The number of nitrogens with one attached hydrogen (secondary N) is 1. The first-order chi connectivity index (χ1) is 10.6. The van der Waals surface area contributed by atoms with Crippen molar-refractivity contribution in [2.75, 3.05) is 12.4 Å². The molecule has 2 rings (SSSR count). The van der Waals surface area contributed by atoms with E-state index in [-0.39, 0.29) is 22.9 Å². The first-order valence-electron chi connectivity index (χ1n) is 6.73. The summed E-state index contributed by atoms with van der Waals surface area (Å²) in [5.74, 6) is -1.53. The molecule has 0 bridgehead atoms. The number of carboxylic acid groups (broad SMARTS) is 1. The van der Waals surface area contributed by atoms with Gasteiger partial charge in [0.25, 0.3) is 5.91 Å². The molecule has 6 nitrogen and oxygen atoms in total. The number of aromatic nitrogens is 1. The lowest BCUT2D eigenvalue weighted by Gasteiger charge is -2.10. The average molecular weight is 300 g/mol. The highest BCUT2D eigenvalue weighted by molar-refractivity contribution is 6.05. The summed E-state index contributed by atoms with van der Waals surface area (Å²) in [7, 11) is 1.33. The summed E-state index contributed by atoms with van der Waals surface area (Å²) < 4.78 is 4.97. The molecule has 22 heavy (non-hydrogen) atoms. The third-order valence-electron chi connectivity index (χ3n) is 3.18. The van der Waals surface area contributed by atoms with E-state index in [0.717, 1.165) is 17.7 Å². The Labute approximate surface area is 127 Å². The highest BCUT2D eigenvalue weighted by atomic mass is 16.5. The first-order valence-corrected chi connectivity index (χ1v) is 6.73. The number of hydrogen-bond acceptors (Lipinski definition) is 4. The van der Waals surface area contributed by atoms with Crippen LogP contribution in [0.2, 0.25) is 0 Å². The fourth-order valence-electron chi connectivity index (χ4n) is 2.03. The number of pyridine rings is 1. The average Bonchev–Trinajstić information content (AvgIpc) is 2.54. The normalized spacial score (nSPS) is 10.1. The van der Waals surface area contributed by atoms with Gasteiger partial charge in [-0.15, -0.1) is 0 Å². The molecule has 0 saturated carbocycles. The number of aromatic carboxylic acids is 1. The Kier molecular flexibility index (Phi) is 4.73. The van der Waals surface area contributed by atoms with Crippen LogP contribution in [0.1, 0.15) is 33.3 Å². The number of methoxy groups -OCH3 is 1. The molecule has 6 heteroatoms. The van der Waals surface area contributed by atoms with Crippen LogP contribution in [0.4, 0.5) is 5.69 Å². The SMILES string of the molecule is CCc1ccccc1NC(=O)c1cnc(C(=O)O)c(OC)c1. The van der Waals surface area contributed by atoms with Crippen molar-refractivity contribution in [3.05, 3.63) is 53.3 Å². The molecule has 0 atom stereocenters. The van der Waals surface area contributed by atoms with E-state index in [1.807, 2.05) is 31.2 Å². The highest BCUT2D eigenvalue weighted by Crippen LogP contribution is 2.20. The van der Waals surface area contributed by atoms with Crippen molar-refractivity contribution in [3.63, 3.8) is 0 Å². The number of carbonyl (C=O) groups is 2. The third kappa shape index (κ3) is 3.22.